The second-order valence-corrected chi connectivity index (χ2v) is 3.57. The summed E-state index contributed by atoms with van der Waals surface area (Å²) in [6.45, 7) is 0.426. The Kier molecular flexibility index (Phi) is 8.46. The Morgan fingerprint density at radius 2 is 2.19 bits per heavy atom. The lowest BCUT2D eigenvalue weighted by atomic mass is 10.2. The molecule has 1 aliphatic rings. The summed E-state index contributed by atoms with van der Waals surface area (Å²) in [5.41, 5.74) is 0. The standard InChI is InChI=1S/C7H12O4.C3H7NO/c8-6(9)5-11-7-3-1-2-4-10-7;1-4(2)3-5/h7H,1-5H2,(H,8,9);3H,1-2H3. The zero-order valence-electron chi connectivity index (χ0n) is 9.72. The molecular formula is C10H19NO5. The van der Waals surface area contributed by atoms with Gasteiger partial charge in [0.1, 0.15) is 6.61 Å². The van der Waals surface area contributed by atoms with Crippen molar-refractivity contribution in [1.82, 2.24) is 4.90 Å². The summed E-state index contributed by atoms with van der Waals surface area (Å²) in [5, 5.41) is 8.26. The van der Waals surface area contributed by atoms with E-state index in [1.807, 2.05) is 0 Å². The zero-order valence-corrected chi connectivity index (χ0v) is 9.72. The summed E-state index contributed by atoms with van der Waals surface area (Å²) >= 11 is 0. The van der Waals surface area contributed by atoms with Gasteiger partial charge in [-0.05, 0) is 19.3 Å². The Hall–Kier alpha value is -1.14. The lowest BCUT2D eigenvalue weighted by Gasteiger charge is -2.21. The fourth-order valence-corrected chi connectivity index (χ4v) is 1.01. The number of carboxylic acids is 1. The van der Waals surface area contributed by atoms with Crippen LogP contribution in [-0.2, 0) is 19.1 Å². The number of hydrogen-bond donors (Lipinski definition) is 1. The van der Waals surface area contributed by atoms with Gasteiger partial charge in [0.15, 0.2) is 6.29 Å². The van der Waals surface area contributed by atoms with Crippen molar-refractivity contribution in [3.05, 3.63) is 0 Å². The van der Waals surface area contributed by atoms with E-state index < -0.39 is 5.97 Å². The molecule has 0 bridgehead atoms. The molecule has 1 saturated heterocycles. The highest BCUT2D eigenvalue weighted by Crippen LogP contribution is 2.12. The third-order valence-electron chi connectivity index (χ3n) is 1.74. The average Bonchev–Trinajstić information content (AvgIpc) is 2.28. The maximum atomic E-state index is 10.1. The van der Waals surface area contributed by atoms with Gasteiger partial charge in [0, 0.05) is 20.7 Å². The van der Waals surface area contributed by atoms with E-state index >= 15 is 0 Å². The Bertz CT molecular complexity index is 201. The van der Waals surface area contributed by atoms with Crippen LogP contribution in [0.5, 0.6) is 0 Å². The van der Waals surface area contributed by atoms with Gasteiger partial charge < -0.3 is 19.5 Å². The molecule has 6 heteroatoms. The van der Waals surface area contributed by atoms with Crippen molar-refractivity contribution in [2.45, 2.75) is 25.6 Å². The number of hydrogen-bond acceptors (Lipinski definition) is 4. The molecule has 1 rings (SSSR count). The molecule has 0 aromatic rings. The van der Waals surface area contributed by atoms with E-state index in [0.29, 0.717) is 6.61 Å². The van der Waals surface area contributed by atoms with Crippen LogP contribution in [0.3, 0.4) is 0 Å². The van der Waals surface area contributed by atoms with Gasteiger partial charge in [-0.15, -0.1) is 0 Å². The molecule has 1 aliphatic heterocycles. The summed E-state index contributed by atoms with van der Waals surface area (Å²) in [4.78, 5) is 20.9. The summed E-state index contributed by atoms with van der Waals surface area (Å²) in [7, 11) is 3.38. The normalized spacial score (nSPS) is 19.2. The van der Waals surface area contributed by atoms with Gasteiger partial charge >= 0.3 is 5.97 Å². The van der Waals surface area contributed by atoms with E-state index in [2.05, 4.69) is 0 Å². The van der Waals surface area contributed by atoms with Gasteiger partial charge in [0.25, 0.3) is 0 Å². The SMILES string of the molecule is CN(C)C=O.O=C(O)COC1CCCCO1. The molecule has 16 heavy (non-hydrogen) atoms. The molecule has 0 aliphatic carbocycles. The summed E-state index contributed by atoms with van der Waals surface area (Å²) in [6, 6.07) is 0. The molecule has 1 amide bonds. The molecule has 0 radical (unpaired) electrons. The Morgan fingerprint density at radius 3 is 2.56 bits per heavy atom. The van der Waals surface area contributed by atoms with Crippen molar-refractivity contribution in [2.24, 2.45) is 0 Å². The van der Waals surface area contributed by atoms with Crippen LogP contribution in [0.25, 0.3) is 0 Å². The second-order valence-electron chi connectivity index (χ2n) is 3.57. The second kappa shape index (κ2) is 9.11. The number of carbonyl (C=O) groups excluding carboxylic acids is 1. The van der Waals surface area contributed by atoms with Crippen molar-refractivity contribution in [1.29, 1.82) is 0 Å². The van der Waals surface area contributed by atoms with Gasteiger partial charge in [0.2, 0.25) is 6.41 Å². The quantitative estimate of drug-likeness (QED) is 0.708. The van der Waals surface area contributed by atoms with Crippen LogP contribution in [0.1, 0.15) is 19.3 Å². The average molecular weight is 233 g/mol. The first-order chi connectivity index (χ1) is 7.56. The predicted molar refractivity (Wildman–Crippen MR) is 56.9 cm³/mol. The van der Waals surface area contributed by atoms with E-state index in [0.717, 1.165) is 25.7 Å². The molecule has 1 N–H and O–H groups in total. The molecule has 0 spiro atoms. The number of aliphatic carboxylic acids is 1. The number of rotatable bonds is 4. The fourth-order valence-electron chi connectivity index (χ4n) is 1.01. The number of carboxylic acid groups (broad SMARTS) is 1. The highest BCUT2D eigenvalue weighted by atomic mass is 16.7. The minimum absolute atomic E-state index is 0.259. The van der Waals surface area contributed by atoms with E-state index in [1.165, 1.54) is 4.90 Å². The molecule has 1 fully saturated rings. The molecule has 0 aromatic carbocycles. The number of carbonyl (C=O) groups is 2. The first kappa shape index (κ1) is 14.9. The van der Waals surface area contributed by atoms with Crippen molar-refractivity contribution in [3.63, 3.8) is 0 Å². The van der Waals surface area contributed by atoms with Gasteiger partial charge in [0.05, 0.1) is 0 Å². The Balaban J connectivity index is 0.000000385. The van der Waals surface area contributed by atoms with Crippen LogP contribution in [0.4, 0.5) is 0 Å². The smallest absolute Gasteiger partial charge is 0.329 e. The molecule has 94 valence electrons. The van der Waals surface area contributed by atoms with E-state index in [9.17, 15) is 9.59 Å². The molecule has 0 aromatic heterocycles. The minimum Gasteiger partial charge on any atom is -0.480 e. The monoisotopic (exact) mass is 233 g/mol. The van der Waals surface area contributed by atoms with Crippen LogP contribution < -0.4 is 0 Å². The molecule has 6 nitrogen and oxygen atoms in total. The van der Waals surface area contributed by atoms with Crippen LogP contribution in [-0.4, -0.2) is 56.0 Å². The highest BCUT2D eigenvalue weighted by Gasteiger charge is 2.14. The summed E-state index contributed by atoms with van der Waals surface area (Å²) < 4.78 is 10.1. The molecule has 1 atom stereocenters. The third-order valence-corrected chi connectivity index (χ3v) is 1.74. The molecule has 1 heterocycles. The maximum absolute atomic E-state index is 10.1. The number of ether oxygens (including phenoxy) is 2. The molecule has 0 saturated carbocycles. The summed E-state index contributed by atoms with van der Waals surface area (Å²) in [6.07, 6.45) is 3.38. The highest BCUT2D eigenvalue weighted by molar-refractivity contribution is 5.67. The van der Waals surface area contributed by atoms with Gasteiger partial charge in [-0.25, -0.2) is 4.79 Å². The maximum Gasteiger partial charge on any atom is 0.329 e. The Morgan fingerprint density at radius 1 is 1.56 bits per heavy atom. The van der Waals surface area contributed by atoms with Crippen LogP contribution >= 0.6 is 0 Å². The first-order valence-electron chi connectivity index (χ1n) is 5.13. The molecular weight excluding hydrogens is 214 g/mol. The molecule has 1 unspecified atom stereocenters. The predicted octanol–water partition coefficient (Wildman–Crippen LogP) is 0.319. The van der Waals surface area contributed by atoms with E-state index in [-0.39, 0.29) is 12.9 Å². The van der Waals surface area contributed by atoms with E-state index in [1.54, 1.807) is 14.1 Å². The number of amides is 1. The van der Waals surface area contributed by atoms with Crippen molar-refractivity contribution in [3.8, 4) is 0 Å². The van der Waals surface area contributed by atoms with E-state index in [4.69, 9.17) is 14.6 Å². The van der Waals surface area contributed by atoms with Crippen molar-refractivity contribution in [2.75, 3.05) is 27.3 Å². The van der Waals surface area contributed by atoms with Gasteiger partial charge in [-0.3, -0.25) is 4.79 Å². The minimum atomic E-state index is -0.945. The fraction of sp³-hybridized carbons (Fsp3) is 0.800. The topological polar surface area (TPSA) is 76.1 Å². The van der Waals surface area contributed by atoms with Crippen LogP contribution in [0.15, 0.2) is 0 Å². The van der Waals surface area contributed by atoms with Gasteiger partial charge in [-0.1, -0.05) is 0 Å². The van der Waals surface area contributed by atoms with Crippen LogP contribution in [0, 0.1) is 0 Å². The summed E-state index contributed by atoms with van der Waals surface area (Å²) in [5.74, 6) is -0.945. The van der Waals surface area contributed by atoms with Crippen LogP contribution in [0.2, 0.25) is 0 Å². The van der Waals surface area contributed by atoms with Crippen molar-refractivity contribution < 1.29 is 24.2 Å². The third kappa shape index (κ3) is 9.42. The largest absolute Gasteiger partial charge is 0.480 e. The zero-order chi connectivity index (χ0) is 12.4. The van der Waals surface area contributed by atoms with Crippen molar-refractivity contribution >= 4 is 12.4 Å². The Labute approximate surface area is 95.1 Å². The lowest BCUT2D eigenvalue weighted by molar-refractivity contribution is -0.178. The first-order valence-corrected chi connectivity index (χ1v) is 5.13. The lowest BCUT2D eigenvalue weighted by Crippen LogP contribution is -2.24. The number of nitrogens with zero attached hydrogens (tertiary/aromatic N) is 1. The van der Waals surface area contributed by atoms with Gasteiger partial charge in [-0.2, -0.15) is 0 Å².